The first-order valence-corrected chi connectivity index (χ1v) is 8.44. The third kappa shape index (κ3) is 3.77. The van der Waals surface area contributed by atoms with Crippen molar-refractivity contribution in [1.82, 2.24) is 4.98 Å². The summed E-state index contributed by atoms with van der Waals surface area (Å²) < 4.78 is 46.6. The zero-order valence-electron chi connectivity index (χ0n) is 14.6. The van der Waals surface area contributed by atoms with E-state index in [2.05, 4.69) is 4.98 Å². The molecule has 0 saturated carbocycles. The van der Waals surface area contributed by atoms with E-state index in [-0.39, 0.29) is 18.3 Å². The van der Waals surface area contributed by atoms with Gasteiger partial charge in [-0.1, -0.05) is 50.2 Å². The van der Waals surface area contributed by atoms with E-state index >= 15 is 0 Å². The monoisotopic (exact) mass is 359 g/mol. The molecule has 1 N–H and O–H groups in total. The summed E-state index contributed by atoms with van der Waals surface area (Å²) >= 11 is 0. The molecule has 2 nitrogen and oxygen atoms in total. The molecule has 0 aliphatic carbocycles. The SMILES string of the molecule is CC(C)COc1c(C(F)(F)F)ccc(-c2ccccc2)c1-c1ccc[nH]1. The topological polar surface area (TPSA) is 25.0 Å². The molecular formula is C21H20F3NO. The van der Waals surface area contributed by atoms with Crippen LogP contribution in [0.1, 0.15) is 19.4 Å². The molecule has 136 valence electrons. The van der Waals surface area contributed by atoms with Gasteiger partial charge in [-0.3, -0.25) is 0 Å². The van der Waals surface area contributed by atoms with E-state index < -0.39 is 11.7 Å². The van der Waals surface area contributed by atoms with Crippen LogP contribution in [0.25, 0.3) is 22.4 Å². The predicted octanol–water partition coefficient (Wildman–Crippen LogP) is 6.40. The van der Waals surface area contributed by atoms with Crippen molar-refractivity contribution in [1.29, 1.82) is 0 Å². The summed E-state index contributed by atoms with van der Waals surface area (Å²) in [5.41, 5.74) is 1.79. The summed E-state index contributed by atoms with van der Waals surface area (Å²) in [6.07, 6.45) is -2.81. The number of rotatable bonds is 5. The van der Waals surface area contributed by atoms with Gasteiger partial charge in [0.1, 0.15) is 5.75 Å². The van der Waals surface area contributed by atoms with Crippen molar-refractivity contribution < 1.29 is 17.9 Å². The van der Waals surface area contributed by atoms with Crippen molar-refractivity contribution in [3.63, 3.8) is 0 Å². The van der Waals surface area contributed by atoms with Crippen molar-refractivity contribution >= 4 is 0 Å². The highest BCUT2D eigenvalue weighted by molar-refractivity contribution is 5.87. The van der Waals surface area contributed by atoms with Gasteiger partial charge in [0.25, 0.3) is 0 Å². The molecule has 2 aromatic carbocycles. The number of hydrogen-bond acceptors (Lipinski definition) is 1. The fraction of sp³-hybridized carbons (Fsp3) is 0.238. The smallest absolute Gasteiger partial charge is 0.419 e. The molecule has 1 aromatic heterocycles. The lowest BCUT2D eigenvalue weighted by molar-refractivity contribution is -0.139. The molecule has 0 bridgehead atoms. The highest BCUT2D eigenvalue weighted by Crippen LogP contribution is 2.46. The first-order chi connectivity index (χ1) is 12.4. The van der Waals surface area contributed by atoms with Crippen LogP contribution in [0.3, 0.4) is 0 Å². The van der Waals surface area contributed by atoms with Gasteiger partial charge in [-0.05, 0) is 35.2 Å². The predicted molar refractivity (Wildman–Crippen MR) is 97.0 cm³/mol. The molecule has 0 atom stereocenters. The summed E-state index contributed by atoms with van der Waals surface area (Å²) in [5.74, 6) is -0.0250. The van der Waals surface area contributed by atoms with E-state index in [0.29, 0.717) is 16.8 Å². The van der Waals surface area contributed by atoms with Crippen LogP contribution in [0, 0.1) is 5.92 Å². The first-order valence-electron chi connectivity index (χ1n) is 8.44. The lowest BCUT2D eigenvalue weighted by Gasteiger charge is -2.21. The van der Waals surface area contributed by atoms with Crippen LogP contribution in [0.4, 0.5) is 13.2 Å². The highest BCUT2D eigenvalue weighted by atomic mass is 19.4. The summed E-state index contributed by atoms with van der Waals surface area (Å²) in [6.45, 7) is 4.01. The molecule has 0 radical (unpaired) electrons. The summed E-state index contributed by atoms with van der Waals surface area (Å²) in [7, 11) is 0. The molecule has 0 fully saturated rings. The largest absolute Gasteiger partial charge is 0.492 e. The lowest BCUT2D eigenvalue weighted by atomic mass is 9.94. The molecule has 26 heavy (non-hydrogen) atoms. The zero-order chi connectivity index (χ0) is 18.7. The molecule has 3 aromatic rings. The van der Waals surface area contributed by atoms with Crippen LogP contribution in [0.5, 0.6) is 5.75 Å². The molecule has 0 aliphatic rings. The van der Waals surface area contributed by atoms with E-state index in [1.54, 1.807) is 18.3 Å². The van der Waals surface area contributed by atoms with Gasteiger partial charge in [0.05, 0.1) is 12.2 Å². The Hall–Kier alpha value is -2.69. The number of aromatic amines is 1. The number of nitrogens with one attached hydrogen (secondary N) is 1. The van der Waals surface area contributed by atoms with Crippen LogP contribution in [0.15, 0.2) is 60.8 Å². The molecule has 0 amide bonds. The van der Waals surface area contributed by atoms with Gasteiger partial charge in [0.2, 0.25) is 0 Å². The molecule has 0 unspecified atom stereocenters. The Labute approximate surface area is 150 Å². The van der Waals surface area contributed by atoms with E-state index in [4.69, 9.17) is 4.74 Å². The maximum Gasteiger partial charge on any atom is 0.419 e. The van der Waals surface area contributed by atoms with E-state index in [0.717, 1.165) is 11.6 Å². The van der Waals surface area contributed by atoms with Crippen LogP contribution >= 0.6 is 0 Å². The van der Waals surface area contributed by atoms with Crippen LogP contribution < -0.4 is 4.74 Å². The second kappa shape index (κ2) is 7.28. The summed E-state index contributed by atoms with van der Waals surface area (Å²) in [5, 5.41) is 0. The second-order valence-corrected chi connectivity index (χ2v) is 6.52. The minimum absolute atomic E-state index is 0.105. The minimum atomic E-state index is -4.50. The van der Waals surface area contributed by atoms with Gasteiger partial charge in [-0.15, -0.1) is 0 Å². The average Bonchev–Trinajstić information content (AvgIpc) is 3.13. The number of ether oxygens (including phenoxy) is 1. The molecule has 3 rings (SSSR count). The number of aromatic nitrogens is 1. The number of hydrogen-bond donors (Lipinski definition) is 1. The lowest BCUT2D eigenvalue weighted by Crippen LogP contribution is -2.13. The molecular weight excluding hydrogens is 339 g/mol. The third-order valence-electron chi connectivity index (χ3n) is 3.98. The van der Waals surface area contributed by atoms with E-state index in [1.807, 2.05) is 44.2 Å². The van der Waals surface area contributed by atoms with Gasteiger partial charge in [0, 0.05) is 17.5 Å². The quantitative estimate of drug-likeness (QED) is 0.560. The third-order valence-corrected chi connectivity index (χ3v) is 3.98. The van der Waals surface area contributed by atoms with Crippen LogP contribution in [0.2, 0.25) is 0 Å². The average molecular weight is 359 g/mol. The van der Waals surface area contributed by atoms with Gasteiger partial charge in [-0.2, -0.15) is 13.2 Å². The Morgan fingerprint density at radius 2 is 1.69 bits per heavy atom. The minimum Gasteiger partial charge on any atom is -0.492 e. The maximum absolute atomic E-state index is 13.6. The zero-order valence-corrected chi connectivity index (χ0v) is 14.6. The molecule has 0 saturated heterocycles. The maximum atomic E-state index is 13.6. The Morgan fingerprint density at radius 1 is 0.962 bits per heavy atom. The molecule has 0 aliphatic heterocycles. The Kier molecular flexibility index (Phi) is 5.07. The number of H-pyrrole nitrogens is 1. The van der Waals surface area contributed by atoms with Crippen LogP contribution in [-0.2, 0) is 6.18 Å². The van der Waals surface area contributed by atoms with Crippen molar-refractivity contribution in [3.8, 4) is 28.1 Å². The van der Waals surface area contributed by atoms with Gasteiger partial charge in [-0.25, -0.2) is 0 Å². The highest BCUT2D eigenvalue weighted by Gasteiger charge is 2.36. The van der Waals surface area contributed by atoms with Crippen molar-refractivity contribution in [2.75, 3.05) is 6.61 Å². The Balaban J connectivity index is 2.28. The summed E-state index contributed by atoms with van der Waals surface area (Å²) in [6, 6.07) is 15.5. The number of halogens is 3. The van der Waals surface area contributed by atoms with Crippen LogP contribution in [-0.4, -0.2) is 11.6 Å². The summed E-state index contributed by atoms with van der Waals surface area (Å²) in [4.78, 5) is 3.02. The van der Waals surface area contributed by atoms with E-state index in [9.17, 15) is 13.2 Å². The number of benzene rings is 2. The fourth-order valence-corrected chi connectivity index (χ4v) is 2.82. The van der Waals surface area contributed by atoms with Gasteiger partial charge >= 0.3 is 6.18 Å². The van der Waals surface area contributed by atoms with Crippen molar-refractivity contribution in [2.45, 2.75) is 20.0 Å². The fourth-order valence-electron chi connectivity index (χ4n) is 2.82. The number of alkyl halides is 3. The van der Waals surface area contributed by atoms with Crippen molar-refractivity contribution in [3.05, 3.63) is 66.4 Å². The first kappa shape index (κ1) is 18.1. The molecule has 0 spiro atoms. The second-order valence-electron chi connectivity index (χ2n) is 6.52. The van der Waals surface area contributed by atoms with E-state index in [1.165, 1.54) is 6.07 Å². The van der Waals surface area contributed by atoms with Gasteiger partial charge < -0.3 is 9.72 Å². The Bertz CT molecular complexity index is 853. The standard InChI is InChI=1S/C21H20F3NO/c1-14(2)13-26-20-17(21(22,23)24)11-10-16(15-7-4-3-5-8-15)19(20)18-9-6-12-25-18/h3-12,14,25H,13H2,1-2H3. The Morgan fingerprint density at radius 3 is 2.27 bits per heavy atom. The molecule has 5 heteroatoms. The van der Waals surface area contributed by atoms with Gasteiger partial charge in [0.15, 0.2) is 0 Å². The van der Waals surface area contributed by atoms with Crippen molar-refractivity contribution in [2.24, 2.45) is 5.92 Å². The normalized spacial score (nSPS) is 11.8. The molecule has 1 heterocycles.